The van der Waals surface area contributed by atoms with Gasteiger partial charge in [0.2, 0.25) is 6.79 Å². The molecule has 3 aromatic rings. The number of likely N-dealkylation sites (N-methyl/N-ethyl adjacent to an activating group) is 1. The quantitative estimate of drug-likeness (QED) is 0.129. The van der Waals surface area contributed by atoms with Crippen LogP contribution in [-0.4, -0.2) is 72.8 Å². The molecule has 10 heteroatoms. The number of phenolic OH excluding ortho intramolecular Hbond substituents is 1. The number of hydrogen-bond donors (Lipinski definition) is 3. The molecular weight excluding hydrogens is 542 g/mol. The Morgan fingerprint density at radius 3 is 2.46 bits per heavy atom. The van der Waals surface area contributed by atoms with E-state index in [1.165, 1.54) is 0 Å². The number of fused-ring (bicyclic) bond motifs is 1. The molecule has 0 aromatic heterocycles. The molecule has 4 rings (SSSR count). The maximum absolute atomic E-state index is 11.6. The second kappa shape index (κ2) is 15.0. The standard InChI is InChI=1S/C31H39N3O6S/c1-22(2)17-34(41-24-13-14-29-30(16-24)40-21-39-29)18-28(37)25(15-23-9-5-4-6-10-23)32-31(38-20-35)19-33(3)26-11-7-8-12-27(26)36/h4-14,16,20,22,25,28,31-32,36-37H,15,17-19,21H2,1-3H3. The van der Waals surface area contributed by atoms with E-state index in [-0.39, 0.29) is 19.1 Å². The van der Waals surface area contributed by atoms with Gasteiger partial charge in [0, 0.05) is 31.1 Å². The SMILES string of the molecule is CC(C)CN(CC(O)C(Cc1ccccc1)NC(CN(C)c1ccccc1O)OC=O)Sc1ccc2c(c1)OCO2. The van der Waals surface area contributed by atoms with Crippen LogP contribution in [0.3, 0.4) is 0 Å². The zero-order valence-electron chi connectivity index (χ0n) is 23.7. The number of ether oxygens (including phenoxy) is 3. The molecule has 0 amide bonds. The Morgan fingerprint density at radius 2 is 1.73 bits per heavy atom. The minimum absolute atomic E-state index is 0.130. The molecule has 0 saturated heterocycles. The number of hydrogen-bond acceptors (Lipinski definition) is 10. The van der Waals surface area contributed by atoms with Crippen molar-refractivity contribution in [3.8, 4) is 17.2 Å². The van der Waals surface area contributed by atoms with Gasteiger partial charge in [0.1, 0.15) is 5.75 Å². The zero-order valence-corrected chi connectivity index (χ0v) is 24.5. The van der Waals surface area contributed by atoms with Gasteiger partial charge in [-0.15, -0.1) is 0 Å². The Bertz CT molecular complexity index is 1250. The van der Waals surface area contributed by atoms with E-state index in [2.05, 4.69) is 23.5 Å². The molecule has 3 unspecified atom stereocenters. The van der Waals surface area contributed by atoms with Gasteiger partial charge in [0.25, 0.3) is 6.47 Å². The van der Waals surface area contributed by atoms with Crippen LogP contribution in [-0.2, 0) is 16.0 Å². The normalized spacial score (nSPS) is 14.6. The Balaban J connectivity index is 1.51. The van der Waals surface area contributed by atoms with E-state index in [9.17, 15) is 15.0 Å². The van der Waals surface area contributed by atoms with E-state index >= 15 is 0 Å². The molecule has 0 bridgehead atoms. The van der Waals surface area contributed by atoms with Gasteiger partial charge in [-0.2, -0.15) is 0 Å². The van der Waals surface area contributed by atoms with Crippen LogP contribution >= 0.6 is 11.9 Å². The zero-order chi connectivity index (χ0) is 29.2. The summed E-state index contributed by atoms with van der Waals surface area (Å²) in [6.07, 6.45) is -1.02. The Morgan fingerprint density at radius 1 is 1.00 bits per heavy atom. The third-order valence-corrected chi connectivity index (χ3v) is 7.67. The Labute approximate surface area is 246 Å². The van der Waals surface area contributed by atoms with Gasteiger partial charge < -0.3 is 29.3 Å². The fourth-order valence-corrected chi connectivity index (χ4v) is 5.91. The number of carbonyl (C=O) groups is 1. The molecule has 1 aliphatic heterocycles. The first-order chi connectivity index (χ1) is 19.8. The summed E-state index contributed by atoms with van der Waals surface area (Å²) in [6, 6.07) is 22.3. The number of nitrogens with one attached hydrogen (secondary N) is 1. The van der Waals surface area contributed by atoms with Crippen molar-refractivity contribution in [3.05, 3.63) is 78.4 Å². The van der Waals surface area contributed by atoms with Crippen molar-refractivity contribution in [1.29, 1.82) is 0 Å². The minimum atomic E-state index is -0.802. The van der Waals surface area contributed by atoms with Crippen LogP contribution in [0, 0.1) is 5.92 Å². The fourth-order valence-electron chi connectivity index (χ4n) is 4.72. The summed E-state index contributed by atoms with van der Waals surface area (Å²) in [5.74, 6) is 1.94. The van der Waals surface area contributed by atoms with Crippen LogP contribution in [0.4, 0.5) is 5.69 Å². The highest BCUT2D eigenvalue weighted by Crippen LogP contribution is 2.37. The van der Waals surface area contributed by atoms with E-state index in [4.69, 9.17) is 14.2 Å². The Kier molecular flexibility index (Phi) is 11.1. The molecule has 1 heterocycles. The number of para-hydroxylation sites is 2. The minimum Gasteiger partial charge on any atom is -0.506 e. The number of aliphatic hydroxyl groups is 1. The number of aliphatic hydroxyl groups excluding tert-OH is 1. The maximum Gasteiger partial charge on any atom is 0.294 e. The average molecular weight is 582 g/mol. The molecular formula is C31H39N3O6S. The highest BCUT2D eigenvalue weighted by molar-refractivity contribution is 7.97. The van der Waals surface area contributed by atoms with Gasteiger partial charge in [0.15, 0.2) is 17.7 Å². The van der Waals surface area contributed by atoms with Gasteiger partial charge in [-0.25, -0.2) is 4.31 Å². The molecule has 0 radical (unpaired) electrons. The first-order valence-electron chi connectivity index (χ1n) is 13.7. The summed E-state index contributed by atoms with van der Waals surface area (Å²) in [7, 11) is 1.81. The van der Waals surface area contributed by atoms with Crippen LogP contribution in [0.5, 0.6) is 17.2 Å². The van der Waals surface area contributed by atoms with E-state index in [0.717, 1.165) is 22.8 Å². The highest BCUT2D eigenvalue weighted by Gasteiger charge is 2.28. The average Bonchev–Trinajstić information content (AvgIpc) is 3.41. The molecule has 220 valence electrons. The first kappa shape index (κ1) is 30.5. The first-order valence-corrected chi connectivity index (χ1v) is 14.5. The van der Waals surface area contributed by atoms with Gasteiger partial charge >= 0.3 is 0 Å². The summed E-state index contributed by atoms with van der Waals surface area (Å²) in [4.78, 5) is 14.3. The molecule has 9 nitrogen and oxygen atoms in total. The number of carbonyl (C=O) groups excluding carboxylic acids is 1. The van der Waals surface area contributed by atoms with E-state index in [1.807, 2.05) is 66.5 Å². The third-order valence-electron chi connectivity index (χ3n) is 6.65. The topological polar surface area (TPSA) is 104 Å². The number of aromatic hydroxyl groups is 1. The molecule has 1 aliphatic rings. The molecule has 3 N–H and O–H groups in total. The lowest BCUT2D eigenvalue weighted by Crippen LogP contribution is -2.53. The summed E-state index contributed by atoms with van der Waals surface area (Å²) < 4.78 is 18.6. The summed E-state index contributed by atoms with van der Waals surface area (Å²) >= 11 is 1.56. The van der Waals surface area contributed by atoms with E-state index in [1.54, 1.807) is 30.1 Å². The monoisotopic (exact) mass is 581 g/mol. The Hall–Kier alpha value is -3.44. The van der Waals surface area contributed by atoms with Crippen molar-refractivity contribution in [1.82, 2.24) is 9.62 Å². The van der Waals surface area contributed by atoms with Crippen LogP contribution in [0.25, 0.3) is 0 Å². The highest BCUT2D eigenvalue weighted by atomic mass is 32.2. The van der Waals surface area contributed by atoms with Crippen LogP contribution in [0.1, 0.15) is 19.4 Å². The van der Waals surface area contributed by atoms with Gasteiger partial charge in [-0.05, 0) is 60.2 Å². The smallest absolute Gasteiger partial charge is 0.294 e. The predicted octanol–water partition coefficient (Wildman–Crippen LogP) is 4.28. The lowest BCUT2D eigenvalue weighted by molar-refractivity contribution is -0.135. The molecule has 0 fully saturated rings. The second-order valence-electron chi connectivity index (χ2n) is 10.5. The van der Waals surface area contributed by atoms with Crippen molar-refractivity contribution >= 4 is 24.1 Å². The molecule has 41 heavy (non-hydrogen) atoms. The van der Waals surface area contributed by atoms with Crippen molar-refractivity contribution in [3.63, 3.8) is 0 Å². The summed E-state index contributed by atoms with van der Waals surface area (Å²) in [6.45, 7) is 6.28. The van der Waals surface area contributed by atoms with Gasteiger partial charge in [-0.1, -0.05) is 56.3 Å². The number of anilines is 1. The van der Waals surface area contributed by atoms with Crippen LogP contribution in [0.2, 0.25) is 0 Å². The summed E-state index contributed by atoms with van der Waals surface area (Å²) in [5, 5.41) is 25.3. The summed E-state index contributed by atoms with van der Waals surface area (Å²) in [5.41, 5.74) is 1.65. The van der Waals surface area contributed by atoms with Crippen molar-refractivity contribution in [2.24, 2.45) is 5.92 Å². The van der Waals surface area contributed by atoms with Gasteiger partial charge in [-0.3, -0.25) is 10.1 Å². The largest absolute Gasteiger partial charge is 0.506 e. The molecule has 0 saturated carbocycles. The molecule has 0 spiro atoms. The molecule has 3 aromatic carbocycles. The van der Waals surface area contributed by atoms with E-state index < -0.39 is 18.4 Å². The van der Waals surface area contributed by atoms with Crippen LogP contribution in [0.15, 0.2) is 77.7 Å². The lowest BCUT2D eigenvalue weighted by Gasteiger charge is -2.33. The molecule has 3 atom stereocenters. The number of phenols is 1. The number of rotatable bonds is 16. The van der Waals surface area contributed by atoms with Crippen molar-refractivity contribution in [2.45, 2.75) is 43.5 Å². The van der Waals surface area contributed by atoms with Crippen molar-refractivity contribution in [2.75, 3.05) is 38.4 Å². The van der Waals surface area contributed by atoms with Gasteiger partial charge in [0.05, 0.1) is 18.3 Å². The number of benzene rings is 3. The fraction of sp³-hybridized carbons (Fsp3) is 0.387. The predicted molar refractivity (Wildman–Crippen MR) is 160 cm³/mol. The number of nitrogens with zero attached hydrogens (tertiary/aromatic N) is 2. The van der Waals surface area contributed by atoms with E-state index in [0.29, 0.717) is 36.8 Å². The lowest BCUT2D eigenvalue weighted by atomic mass is 10.0. The van der Waals surface area contributed by atoms with Crippen molar-refractivity contribution < 1.29 is 29.2 Å². The third kappa shape index (κ3) is 9.02. The second-order valence-corrected chi connectivity index (χ2v) is 11.6. The van der Waals surface area contributed by atoms with Crippen LogP contribution < -0.4 is 19.7 Å². The molecule has 0 aliphatic carbocycles. The maximum atomic E-state index is 11.6.